The van der Waals surface area contributed by atoms with Crippen LogP contribution in [0.5, 0.6) is 0 Å². The second kappa shape index (κ2) is 8.69. The van der Waals surface area contributed by atoms with E-state index in [2.05, 4.69) is 20.1 Å². The molecule has 0 aromatic carbocycles. The molecule has 27 heavy (non-hydrogen) atoms. The highest BCUT2D eigenvalue weighted by Gasteiger charge is 2.37. The summed E-state index contributed by atoms with van der Waals surface area (Å²) in [4.78, 5) is 33.6. The largest absolute Gasteiger partial charge is 0.355 e. The molecule has 0 unspecified atom stereocenters. The predicted octanol–water partition coefficient (Wildman–Crippen LogP) is 1.91. The van der Waals surface area contributed by atoms with E-state index >= 15 is 0 Å². The number of carbonyl (C=O) groups excluding carboxylic acids is 2. The molecule has 3 aliphatic rings. The molecular weight excluding hydrogens is 360 g/mol. The van der Waals surface area contributed by atoms with Crippen molar-refractivity contribution >= 4 is 23.2 Å². The van der Waals surface area contributed by atoms with Gasteiger partial charge in [0, 0.05) is 56.1 Å². The number of aromatic nitrogens is 1. The van der Waals surface area contributed by atoms with Gasteiger partial charge in [0.25, 0.3) is 0 Å². The molecule has 1 saturated carbocycles. The Morgan fingerprint density at radius 3 is 2.63 bits per heavy atom. The molecule has 6 nitrogen and oxygen atoms in total. The summed E-state index contributed by atoms with van der Waals surface area (Å²) >= 11 is 1.64. The first-order chi connectivity index (χ1) is 13.2. The van der Waals surface area contributed by atoms with Crippen molar-refractivity contribution in [2.75, 3.05) is 32.7 Å². The van der Waals surface area contributed by atoms with E-state index < -0.39 is 0 Å². The minimum absolute atomic E-state index is 0.0983. The van der Waals surface area contributed by atoms with Gasteiger partial charge in [-0.2, -0.15) is 0 Å². The minimum atomic E-state index is 0.0983. The molecule has 148 valence electrons. The van der Waals surface area contributed by atoms with Crippen LogP contribution in [0.1, 0.15) is 43.5 Å². The van der Waals surface area contributed by atoms with Crippen LogP contribution in [0.15, 0.2) is 11.6 Å². The maximum Gasteiger partial charge on any atom is 0.225 e. The van der Waals surface area contributed by atoms with Gasteiger partial charge in [-0.15, -0.1) is 11.3 Å². The summed E-state index contributed by atoms with van der Waals surface area (Å²) in [5, 5.41) is 6.15. The Kier molecular flexibility index (Phi) is 6.08. The van der Waals surface area contributed by atoms with Crippen LogP contribution in [0.3, 0.4) is 0 Å². The molecule has 0 radical (unpaired) electrons. The van der Waals surface area contributed by atoms with Gasteiger partial charge in [-0.3, -0.25) is 14.5 Å². The van der Waals surface area contributed by atoms with Gasteiger partial charge in [0.2, 0.25) is 11.8 Å². The highest BCUT2D eigenvalue weighted by atomic mass is 32.1. The molecule has 1 aliphatic carbocycles. The molecule has 1 N–H and O–H groups in total. The third-order valence-corrected chi connectivity index (χ3v) is 7.00. The Hall–Kier alpha value is -1.47. The normalized spacial score (nSPS) is 24.7. The Labute approximate surface area is 165 Å². The molecular formula is C20H30N4O2S. The number of nitrogens with zero attached hydrogens (tertiary/aromatic N) is 3. The van der Waals surface area contributed by atoms with Crippen LogP contribution in [0.4, 0.5) is 0 Å². The van der Waals surface area contributed by atoms with Crippen LogP contribution in [0.25, 0.3) is 0 Å². The van der Waals surface area contributed by atoms with Crippen molar-refractivity contribution in [1.82, 2.24) is 20.1 Å². The third kappa shape index (κ3) is 4.88. The van der Waals surface area contributed by atoms with Crippen LogP contribution >= 0.6 is 11.3 Å². The summed E-state index contributed by atoms with van der Waals surface area (Å²) in [5.41, 5.74) is 0. The molecule has 1 aromatic rings. The molecule has 7 heteroatoms. The molecule has 2 aliphatic heterocycles. The topological polar surface area (TPSA) is 65.5 Å². The average Bonchev–Trinajstić information content (AvgIpc) is 3.44. The molecule has 3 heterocycles. The SMILES string of the molecule is O=C(NCCc1nccs1)[C@@H]1CCCN(C2CCN(C(=O)C3CC3)CC2)C1. The van der Waals surface area contributed by atoms with Gasteiger partial charge in [0.15, 0.2) is 0 Å². The average molecular weight is 391 g/mol. The number of carbonyl (C=O) groups is 2. The predicted molar refractivity (Wildman–Crippen MR) is 105 cm³/mol. The monoisotopic (exact) mass is 390 g/mol. The summed E-state index contributed by atoms with van der Waals surface area (Å²) in [6, 6.07) is 0.527. The van der Waals surface area contributed by atoms with Gasteiger partial charge in [-0.1, -0.05) is 0 Å². The maximum atomic E-state index is 12.6. The number of likely N-dealkylation sites (tertiary alicyclic amines) is 2. The quantitative estimate of drug-likeness (QED) is 0.806. The van der Waals surface area contributed by atoms with Crippen molar-refractivity contribution in [3.8, 4) is 0 Å². The Morgan fingerprint density at radius 1 is 1.11 bits per heavy atom. The highest BCUT2D eigenvalue weighted by molar-refractivity contribution is 7.09. The number of hydrogen-bond donors (Lipinski definition) is 1. The van der Waals surface area contributed by atoms with Crippen LogP contribution in [-0.4, -0.2) is 65.4 Å². The van der Waals surface area contributed by atoms with E-state index in [1.165, 1.54) is 0 Å². The van der Waals surface area contributed by atoms with Crippen LogP contribution in [-0.2, 0) is 16.0 Å². The molecule has 1 aromatic heterocycles. The summed E-state index contributed by atoms with van der Waals surface area (Å²) in [6.45, 7) is 4.40. The number of nitrogens with one attached hydrogen (secondary N) is 1. The first kappa shape index (κ1) is 18.9. The van der Waals surface area contributed by atoms with E-state index in [1.807, 2.05) is 11.6 Å². The Balaban J connectivity index is 1.20. The first-order valence-electron chi connectivity index (χ1n) is 10.4. The number of amides is 2. The van der Waals surface area contributed by atoms with E-state index in [9.17, 15) is 9.59 Å². The Bertz CT molecular complexity index is 638. The van der Waals surface area contributed by atoms with Gasteiger partial charge in [-0.25, -0.2) is 4.98 Å². The Morgan fingerprint density at radius 2 is 1.93 bits per heavy atom. The van der Waals surface area contributed by atoms with Crippen molar-refractivity contribution in [3.63, 3.8) is 0 Å². The molecule has 1 atom stereocenters. The lowest BCUT2D eigenvalue weighted by molar-refractivity contribution is -0.134. The van der Waals surface area contributed by atoms with Crippen molar-refractivity contribution < 1.29 is 9.59 Å². The number of rotatable bonds is 6. The van der Waals surface area contributed by atoms with Crippen molar-refractivity contribution in [2.24, 2.45) is 11.8 Å². The maximum absolute atomic E-state index is 12.6. The lowest BCUT2D eigenvalue weighted by atomic mass is 9.93. The zero-order valence-corrected chi connectivity index (χ0v) is 16.8. The molecule has 3 fully saturated rings. The van der Waals surface area contributed by atoms with E-state index in [4.69, 9.17) is 0 Å². The fourth-order valence-electron chi connectivity index (χ4n) is 4.41. The smallest absolute Gasteiger partial charge is 0.225 e. The third-order valence-electron chi connectivity index (χ3n) is 6.16. The van der Waals surface area contributed by atoms with Crippen molar-refractivity contribution in [3.05, 3.63) is 16.6 Å². The lowest BCUT2D eigenvalue weighted by Crippen LogP contribution is -2.51. The number of thiazole rings is 1. The molecule has 0 bridgehead atoms. The van der Waals surface area contributed by atoms with Gasteiger partial charge < -0.3 is 10.2 Å². The minimum Gasteiger partial charge on any atom is -0.355 e. The van der Waals surface area contributed by atoms with Gasteiger partial charge >= 0.3 is 0 Å². The fourth-order valence-corrected chi connectivity index (χ4v) is 5.03. The van der Waals surface area contributed by atoms with Gasteiger partial charge in [0.05, 0.1) is 10.9 Å². The first-order valence-corrected chi connectivity index (χ1v) is 11.3. The summed E-state index contributed by atoms with van der Waals surface area (Å²) in [5.74, 6) is 0.998. The van der Waals surface area contributed by atoms with Crippen molar-refractivity contribution in [2.45, 2.75) is 51.0 Å². The van der Waals surface area contributed by atoms with Crippen molar-refractivity contribution in [1.29, 1.82) is 0 Å². The summed E-state index contributed by atoms with van der Waals surface area (Å²) in [7, 11) is 0. The second-order valence-electron chi connectivity index (χ2n) is 8.13. The van der Waals surface area contributed by atoms with E-state index in [0.29, 0.717) is 24.4 Å². The van der Waals surface area contributed by atoms with E-state index in [-0.39, 0.29) is 11.8 Å². The summed E-state index contributed by atoms with van der Waals surface area (Å²) < 4.78 is 0. The van der Waals surface area contributed by atoms with Gasteiger partial charge in [-0.05, 0) is 45.1 Å². The van der Waals surface area contributed by atoms with Crippen LogP contribution in [0.2, 0.25) is 0 Å². The second-order valence-corrected chi connectivity index (χ2v) is 9.11. The van der Waals surface area contributed by atoms with E-state index in [1.54, 1.807) is 11.3 Å². The summed E-state index contributed by atoms with van der Waals surface area (Å²) in [6.07, 6.45) is 8.98. The van der Waals surface area contributed by atoms with Gasteiger partial charge in [0.1, 0.15) is 0 Å². The number of piperidine rings is 2. The molecule has 2 saturated heterocycles. The lowest BCUT2D eigenvalue weighted by Gasteiger charge is -2.42. The van der Waals surface area contributed by atoms with Crippen LogP contribution < -0.4 is 5.32 Å². The van der Waals surface area contributed by atoms with E-state index in [0.717, 1.165) is 76.1 Å². The fraction of sp³-hybridized carbons (Fsp3) is 0.750. The van der Waals surface area contributed by atoms with Crippen LogP contribution in [0, 0.1) is 11.8 Å². The molecule has 2 amide bonds. The number of hydrogen-bond acceptors (Lipinski definition) is 5. The highest BCUT2D eigenvalue weighted by Crippen LogP contribution is 2.32. The molecule has 0 spiro atoms. The zero-order chi connectivity index (χ0) is 18.6. The molecule has 4 rings (SSSR count). The standard InChI is InChI=1S/C20H30N4O2S/c25-19(22-8-5-18-21-9-13-27-18)16-2-1-10-24(14-16)17-6-11-23(12-7-17)20(26)15-3-4-15/h9,13,15-17H,1-8,10-12,14H2,(H,22,25)/t16-/m1/s1. The zero-order valence-electron chi connectivity index (χ0n) is 15.9.